The van der Waals surface area contributed by atoms with Crippen LogP contribution in [-0.4, -0.2) is 15.6 Å². The summed E-state index contributed by atoms with van der Waals surface area (Å²) in [4.78, 5) is 11.5. The number of unbranched alkanes of at least 4 members (excludes halogenated alkanes) is 1. The summed E-state index contributed by atoms with van der Waals surface area (Å²) >= 11 is 0. The van der Waals surface area contributed by atoms with Crippen LogP contribution in [0.2, 0.25) is 0 Å². The number of benzene rings is 1. The van der Waals surface area contributed by atoms with E-state index in [-0.39, 0.29) is 5.41 Å². The second kappa shape index (κ2) is 6.15. The zero-order valence-electron chi connectivity index (χ0n) is 14.4. The average molecular weight is 301 g/mol. The summed E-state index contributed by atoms with van der Waals surface area (Å²) in [6.07, 6.45) is 5.49. The molecular formula is C19H27NO2. The summed E-state index contributed by atoms with van der Waals surface area (Å²) < 4.78 is 2.27. The van der Waals surface area contributed by atoms with Crippen molar-refractivity contribution in [2.24, 2.45) is 0 Å². The summed E-state index contributed by atoms with van der Waals surface area (Å²) in [5.74, 6) is -0.849. The monoisotopic (exact) mass is 301 g/mol. The van der Waals surface area contributed by atoms with Gasteiger partial charge in [0.15, 0.2) is 0 Å². The Morgan fingerprint density at radius 3 is 2.41 bits per heavy atom. The van der Waals surface area contributed by atoms with E-state index in [1.54, 1.807) is 0 Å². The molecule has 2 aromatic rings. The molecule has 1 N–H and O–H groups in total. The number of aromatic nitrogens is 1. The Kier molecular flexibility index (Phi) is 4.64. The van der Waals surface area contributed by atoms with E-state index in [0.29, 0.717) is 5.56 Å². The Labute approximate surface area is 133 Å². The van der Waals surface area contributed by atoms with E-state index in [1.165, 1.54) is 11.1 Å². The molecule has 0 aliphatic rings. The fourth-order valence-electron chi connectivity index (χ4n) is 3.02. The van der Waals surface area contributed by atoms with Crippen molar-refractivity contribution >= 4 is 16.9 Å². The van der Waals surface area contributed by atoms with Gasteiger partial charge in [-0.15, -0.1) is 0 Å². The lowest BCUT2D eigenvalue weighted by atomic mass is 9.84. The lowest BCUT2D eigenvalue weighted by molar-refractivity contribution is 0.0697. The Bertz CT molecular complexity index is 690. The molecule has 0 amide bonds. The molecule has 0 aliphatic heterocycles. The molecule has 120 valence electrons. The smallest absolute Gasteiger partial charge is 0.335 e. The van der Waals surface area contributed by atoms with Gasteiger partial charge in [-0.25, -0.2) is 4.79 Å². The van der Waals surface area contributed by atoms with E-state index >= 15 is 0 Å². The molecule has 0 unspecified atom stereocenters. The predicted molar refractivity (Wildman–Crippen MR) is 91.9 cm³/mol. The van der Waals surface area contributed by atoms with Gasteiger partial charge in [-0.1, -0.05) is 34.1 Å². The van der Waals surface area contributed by atoms with Crippen LogP contribution in [-0.2, 0) is 18.4 Å². The van der Waals surface area contributed by atoms with Gasteiger partial charge in [0.25, 0.3) is 0 Å². The number of carboxylic acids is 1. The first-order chi connectivity index (χ1) is 10.3. The van der Waals surface area contributed by atoms with Crippen molar-refractivity contribution in [3.8, 4) is 0 Å². The van der Waals surface area contributed by atoms with E-state index in [9.17, 15) is 9.90 Å². The first-order valence-electron chi connectivity index (χ1n) is 8.19. The number of fused-ring (bicyclic) bond motifs is 1. The van der Waals surface area contributed by atoms with Crippen LogP contribution in [0.15, 0.2) is 18.3 Å². The van der Waals surface area contributed by atoms with E-state index < -0.39 is 5.97 Å². The van der Waals surface area contributed by atoms with Crippen LogP contribution in [0.3, 0.4) is 0 Å². The van der Waals surface area contributed by atoms with Gasteiger partial charge in [0.1, 0.15) is 0 Å². The molecule has 3 nitrogen and oxygen atoms in total. The summed E-state index contributed by atoms with van der Waals surface area (Å²) in [6, 6.07) is 3.70. The normalized spacial score (nSPS) is 12.0. The molecule has 0 radical (unpaired) electrons. The maximum Gasteiger partial charge on any atom is 0.335 e. The minimum absolute atomic E-state index is 0.0863. The molecule has 22 heavy (non-hydrogen) atoms. The highest BCUT2D eigenvalue weighted by molar-refractivity contribution is 5.97. The highest BCUT2D eigenvalue weighted by atomic mass is 16.4. The molecule has 0 atom stereocenters. The van der Waals surface area contributed by atoms with Crippen LogP contribution >= 0.6 is 0 Å². The van der Waals surface area contributed by atoms with Crippen LogP contribution in [0.4, 0.5) is 0 Å². The third kappa shape index (κ3) is 3.03. The number of rotatable bonds is 5. The summed E-state index contributed by atoms with van der Waals surface area (Å²) in [5, 5.41) is 10.6. The van der Waals surface area contributed by atoms with Gasteiger partial charge in [-0.3, -0.25) is 0 Å². The molecule has 0 saturated carbocycles. The van der Waals surface area contributed by atoms with Crippen LogP contribution in [0.5, 0.6) is 0 Å². The van der Waals surface area contributed by atoms with Gasteiger partial charge in [0.05, 0.1) is 11.1 Å². The number of carboxylic acid groups (broad SMARTS) is 1. The number of aryl methyl sites for hydroxylation is 2. The first-order valence-corrected chi connectivity index (χ1v) is 8.19. The Balaban J connectivity index is 2.80. The number of aromatic carboxylic acids is 1. The van der Waals surface area contributed by atoms with E-state index in [1.807, 2.05) is 12.1 Å². The van der Waals surface area contributed by atoms with E-state index in [2.05, 4.69) is 45.4 Å². The van der Waals surface area contributed by atoms with Crippen molar-refractivity contribution in [3.05, 3.63) is 35.0 Å². The van der Waals surface area contributed by atoms with E-state index in [4.69, 9.17) is 0 Å². The highest BCUT2D eigenvalue weighted by Gasteiger charge is 2.23. The van der Waals surface area contributed by atoms with Gasteiger partial charge >= 0.3 is 5.97 Å². The molecule has 1 aromatic carbocycles. The van der Waals surface area contributed by atoms with Crippen molar-refractivity contribution in [2.45, 2.75) is 65.8 Å². The first kappa shape index (κ1) is 16.6. The summed E-state index contributed by atoms with van der Waals surface area (Å²) in [6.45, 7) is 11.7. The van der Waals surface area contributed by atoms with Gasteiger partial charge in [-0.2, -0.15) is 0 Å². The van der Waals surface area contributed by atoms with Gasteiger partial charge in [-0.05, 0) is 48.4 Å². The largest absolute Gasteiger partial charge is 0.478 e. The minimum atomic E-state index is -0.849. The third-order valence-corrected chi connectivity index (χ3v) is 4.25. The number of hydrogen-bond donors (Lipinski definition) is 1. The zero-order valence-corrected chi connectivity index (χ0v) is 14.4. The number of hydrogen-bond acceptors (Lipinski definition) is 1. The van der Waals surface area contributed by atoms with Gasteiger partial charge in [0, 0.05) is 18.1 Å². The maximum atomic E-state index is 11.5. The molecule has 1 heterocycles. The molecular weight excluding hydrogens is 274 g/mol. The standard InChI is InChI=1S/C19H27NO2/c1-6-8-9-13-12-20(7-2)17-15(13)10-14(18(21)22)11-16(17)19(3,4)5/h10-12H,6-9H2,1-5H3,(H,21,22). The Morgan fingerprint density at radius 2 is 1.91 bits per heavy atom. The third-order valence-electron chi connectivity index (χ3n) is 4.25. The molecule has 1 aromatic heterocycles. The van der Waals surface area contributed by atoms with E-state index in [0.717, 1.165) is 36.8 Å². The fourth-order valence-corrected chi connectivity index (χ4v) is 3.02. The van der Waals surface area contributed by atoms with Crippen molar-refractivity contribution < 1.29 is 9.90 Å². The highest BCUT2D eigenvalue weighted by Crippen LogP contribution is 2.34. The van der Waals surface area contributed by atoms with Gasteiger partial charge in [0.2, 0.25) is 0 Å². The second-order valence-electron chi connectivity index (χ2n) is 7.02. The van der Waals surface area contributed by atoms with Gasteiger partial charge < -0.3 is 9.67 Å². The zero-order chi connectivity index (χ0) is 16.5. The summed E-state index contributed by atoms with van der Waals surface area (Å²) in [5.41, 5.74) is 3.89. The quantitative estimate of drug-likeness (QED) is 0.844. The van der Waals surface area contributed by atoms with Crippen molar-refractivity contribution in [1.29, 1.82) is 0 Å². The lowest BCUT2D eigenvalue weighted by Crippen LogP contribution is -2.15. The van der Waals surface area contributed by atoms with Crippen LogP contribution in [0.1, 0.15) is 68.9 Å². The van der Waals surface area contributed by atoms with Crippen molar-refractivity contribution in [2.75, 3.05) is 0 Å². The van der Waals surface area contributed by atoms with Crippen LogP contribution in [0.25, 0.3) is 10.9 Å². The molecule has 0 fully saturated rings. The minimum Gasteiger partial charge on any atom is -0.478 e. The number of nitrogens with zero attached hydrogens (tertiary/aromatic N) is 1. The van der Waals surface area contributed by atoms with Crippen LogP contribution < -0.4 is 0 Å². The molecule has 3 heteroatoms. The van der Waals surface area contributed by atoms with Crippen molar-refractivity contribution in [3.63, 3.8) is 0 Å². The average Bonchev–Trinajstić information content (AvgIpc) is 2.80. The molecule has 0 spiro atoms. The maximum absolute atomic E-state index is 11.5. The predicted octanol–water partition coefficient (Wildman–Crippen LogP) is 5.00. The van der Waals surface area contributed by atoms with Crippen LogP contribution in [0, 0.1) is 0 Å². The number of carbonyl (C=O) groups is 1. The topological polar surface area (TPSA) is 42.2 Å². The Morgan fingerprint density at radius 1 is 1.23 bits per heavy atom. The summed E-state index contributed by atoms with van der Waals surface area (Å²) in [7, 11) is 0. The molecule has 0 bridgehead atoms. The Hall–Kier alpha value is -1.77. The second-order valence-corrected chi connectivity index (χ2v) is 7.02. The SMILES string of the molecule is CCCCc1cn(CC)c2c(C(C)(C)C)cc(C(=O)O)cc12. The lowest BCUT2D eigenvalue weighted by Gasteiger charge is -2.22. The molecule has 2 rings (SSSR count). The van der Waals surface area contributed by atoms with Crippen molar-refractivity contribution in [1.82, 2.24) is 4.57 Å². The fraction of sp³-hybridized carbons (Fsp3) is 0.526. The molecule has 0 aliphatic carbocycles. The molecule has 0 saturated heterocycles.